The number of nitrogens with one attached hydrogen (secondary N) is 1. The molecule has 128 valence electrons. The summed E-state index contributed by atoms with van der Waals surface area (Å²) in [6.07, 6.45) is 5.48. The Morgan fingerprint density at radius 3 is 2.67 bits per heavy atom. The van der Waals surface area contributed by atoms with Crippen molar-refractivity contribution in [3.8, 4) is 11.3 Å². The van der Waals surface area contributed by atoms with E-state index < -0.39 is 0 Å². The summed E-state index contributed by atoms with van der Waals surface area (Å²) in [4.78, 5) is 25.6. The minimum Gasteiger partial charge on any atom is -0.345 e. The van der Waals surface area contributed by atoms with Crippen LogP contribution in [-0.4, -0.2) is 33.4 Å². The normalized spacial score (nSPS) is 22.0. The first-order valence-electron chi connectivity index (χ1n) is 8.96. The predicted molar refractivity (Wildman–Crippen MR) is 97.4 cm³/mol. The predicted octanol–water partition coefficient (Wildman–Crippen LogP) is 4.32. The maximum atomic E-state index is 12.5. The molecule has 1 saturated carbocycles. The molecule has 2 aromatic heterocycles. The van der Waals surface area contributed by atoms with Gasteiger partial charge in [-0.15, -0.1) is 11.3 Å². The van der Waals surface area contributed by atoms with Crippen molar-refractivity contribution in [3.05, 3.63) is 27.3 Å². The van der Waals surface area contributed by atoms with Crippen LogP contribution < -0.4 is 0 Å². The third-order valence-electron chi connectivity index (χ3n) is 5.51. The zero-order valence-electron chi connectivity index (χ0n) is 14.7. The number of aryl methyl sites for hydroxylation is 3. The number of carbonyl (C=O) groups is 1. The zero-order valence-corrected chi connectivity index (χ0v) is 15.5. The fourth-order valence-corrected chi connectivity index (χ4v) is 5.21. The van der Waals surface area contributed by atoms with E-state index in [-0.39, 0.29) is 5.92 Å². The quantitative estimate of drug-likeness (QED) is 0.902. The summed E-state index contributed by atoms with van der Waals surface area (Å²) >= 11 is 1.82. The van der Waals surface area contributed by atoms with Crippen molar-refractivity contribution in [2.24, 2.45) is 0 Å². The van der Waals surface area contributed by atoms with E-state index in [1.165, 1.54) is 41.0 Å². The van der Waals surface area contributed by atoms with Gasteiger partial charge >= 0.3 is 0 Å². The summed E-state index contributed by atoms with van der Waals surface area (Å²) in [5.41, 5.74) is 3.39. The topological polar surface area (TPSA) is 49.0 Å². The van der Waals surface area contributed by atoms with E-state index in [1.807, 2.05) is 11.3 Å². The molecule has 1 N–H and O–H groups in total. The van der Waals surface area contributed by atoms with Crippen molar-refractivity contribution in [1.29, 1.82) is 0 Å². The molecule has 0 radical (unpaired) electrons. The number of rotatable bonds is 3. The highest BCUT2D eigenvalue weighted by molar-refractivity contribution is 7.12. The van der Waals surface area contributed by atoms with Crippen LogP contribution >= 0.6 is 11.3 Å². The van der Waals surface area contributed by atoms with Gasteiger partial charge in [-0.1, -0.05) is 12.8 Å². The molecule has 24 heavy (non-hydrogen) atoms. The molecular formula is C19H25N3OS. The van der Waals surface area contributed by atoms with Gasteiger partial charge in [0.2, 0.25) is 5.91 Å². The lowest BCUT2D eigenvalue weighted by Gasteiger charge is -2.23. The summed E-state index contributed by atoms with van der Waals surface area (Å²) < 4.78 is 0. The molecule has 1 atom stereocenters. The van der Waals surface area contributed by atoms with Crippen LogP contribution in [0.2, 0.25) is 0 Å². The van der Waals surface area contributed by atoms with E-state index >= 15 is 0 Å². The first kappa shape index (κ1) is 15.9. The lowest BCUT2D eigenvalue weighted by molar-refractivity contribution is -0.129. The summed E-state index contributed by atoms with van der Waals surface area (Å²) in [6, 6.07) is 2.69. The minimum absolute atomic E-state index is 0.214. The highest BCUT2D eigenvalue weighted by Crippen LogP contribution is 2.36. The number of aromatic amines is 1. The number of hydrogen-bond acceptors (Lipinski definition) is 3. The second kappa shape index (κ2) is 6.03. The largest absolute Gasteiger partial charge is 0.345 e. The number of nitrogens with zero attached hydrogens (tertiary/aromatic N) is 2. The van der Waals surface area contributed by atoms with E-state index in [0.29, 0.717) is 18.4 Å². The molecule has 1 unspecified atom stereocenters. The third-order valence-corrected chi connectivity index (χ3v) is 6.48. The van der Waals surface area contributed by atoms with Crippen molar-refractivity contribution in [3.63, 3.8) is 0 Å². The average molecular weight is 343 g/mol. The second-order valence-corrected chi connectivity index (χ2v) is 8.77. The SMILES string of the molecule is Cc1cc(-c2nc(C3CC(=O)N(C4CCCC4)C3)[nH]c2C)c(C)s1. The third kappa shape index (κ3) is 2.69. The Morgan fingerprint density at radius 1 is 1.25 bits per heavy atom. The van der Waals surface area contributed by atoms with Crippen LogP contribution in [0.25, 0.3) is 11.3 Å². The van der Waals surface area contributed by atoms with Crippen molar-refractivity contribution in [2.45, 2.75) is 64.8 Å². The fourth-order valence-electron chi connectivity index (χ4n) is 4.29. The van der Waals surface area contributed by atoms with Gasteiger partial charge in [-0.25, -0.2) is 4.98 Å². The van der Waals surface area contributed by atoms with E-state index in [0.717, 1.165) is 23.8 Å². The van der Waals surface area contributed by atoms with Crippen LogP contribution in [-0.2, 0) is 4.79 Å². The maximum absolute atomic E-state index is 12.5. The first-order valence-corrected chi connectivity index (χ1v) is 9.78. The minimum atomic E-state index is 0.214. The Hall–Kier alpha value is -1.62. The van der Waals surface area contributed by atoms with Gasteiger partial charge in [-0.2, -0.15) is 0 Å². The van der Waals surface area contributed by atoms with Gasteiger partial charge in [0.15, 0.2) is 0 Å². The molecule has 4 nitrogen and oxygen atoms in total. The standard InChI is InChI=1S/C19H25N3OS/c1-11-8-16(13(3)24-11)18-12(2)20-19(21-18)14-9-17(23)22(10-14)15-6-4-5-7-15/h8,14-15H,4-7,9-10H2,1-3H3,(H,20,21). The zero-order chi connectivity index (χ0) is 16.8. The Labute approximate surface area is 147 Å². The second-order valence-electron chi connectivity index (χ2n) is 7.31. The number of H-pyrrole nitrogens is 1. The van der Waals surface area contributed by atoms with Gasteiger partial charge in [0.25, 0.3) is 0 Å². The van der Waals surface area contributed by atoms with Crippen LogP contribution in [0.3, 0.4) is 0 Å². The number of hydrogen-bond donors (Lipinski definition) is 1. The van der Waals surface area contributed by atoms with Gasteiger partial charge in [0.1, 0.15) is 5.82 Å². The van der Waals surface area contributed by atoms with Crippen LogP contribution in [0.4, 0.5) is 0 Å². The molecule has 1 aliphatic carbocycles. The number of likely N-dealkylation sites (tertiary alicyclic amines) is 1. The van der Waals surface area contributed by atoms with E-state index in [1.54, 1.807) is 0 Å². The Kier molecular flexibility index (Phi) is 3.99. The Balaban J connectivity index is 1.58. The molecule has 2 aromatic rings. The molecule has 2 aliphatic rings. The molecule has 0 spiro atoms. The number of amides is 1. The van der Waals surface area contributed by atoms with E-state index in [4.69, 9.17) is 4.98 Å². The van der Waals surface area contributed by atoms with Crippen LogP contribution in [0, 0.1) is 20.8 Å². The summed E-state index contributed by atoms with van der Waals surface area (Å²) in [7, 11) is 0. The highest BCUT2D eigenvalue weighted by Gasteiger charge is 2.37. The molecule has 5 heteroatoms. The summed E-state index contributed by atoms with van der Waals surface area (Å²) in [5, 5.41) is 0. The number of thiophene rings is 1. The molecule has 0 aromatic carbocycles. The number of imidazole rings is 1. The molecule has 0 bridgehead atoms. The molecular weight excluding hydrogens is 318 g/mol. The van der Waals surface area contributed by atoms with Gasteiger partial charge < -0.3 is 9.88 Å². The maximum Gasteiger partial charge on any atom is 0.223 e. The molecule has 3 heterocycles. The summed E-state index contributed by atoms with van der Waals surface area (Å²) in [5.74, 6) is 1.51. The van der Waals surface area contributed by atoms with Gasteiger partial charge in [-0.3, -0.25) is 4.79 Å². The van der Waals surface area contributed by atoms with Crippen molar-refractivity contribution in [1.82, 2.24) is 14.9 Å². The Bertz CT molecular complexity index is 770. The van der Waals surface area contributed by atoms with E-state index in [2.05, 4.69) is 36.7 Å². The highest BCUT2D eigenvalue weighted by atomic mass is 32.1. The molecule has 2 fully saturated rings. The lowest BCUT2D eigenvalue weighted by atomic mass is 10.1. The Morgan fingerprint density at radius 2 is 2.00 bits per heavy atom. The van der Waals surface area contributed by atoms with Crippen LogP contribution in [0.1, 0.15) is 59.3 Å². The van der Waals surface area contributed by atoms with Crippen LogP contribution in [0.5, 0.6) is 0 Å². The molecule has 1 aliphatic heterocycles. The molecule has 1 amide bonds. The lowest BCUT2D eigenvalue weighted by Crippen LogP contribution is -2.34. The molecule has 1 saturated heterocycles. The van der Waals surface area contributed by atoms with Gasteiger partial charge in [-0.05, 0) is 39.7 Å². The van der Waals surface area contributed by atoms with Crippen molar-refractivity contribution in [2.75, 3.05) is 6.54 Å². The average Bonchev–Trinajstić information content (AvgIpc) is 3.26. The summed E-state index contributed by atoms with van der Waals surface area (Å²) in [6.45, 7) is 7.21. The monoisotopic (exact) mass is 343 g/mol. The number of carbonyl (C=O) groups excluding carboxylic acids is 1. The number of aromatic nitrogens is 2. The van der Waals surface area contributed by atoms with Crippen molar-refractivity contribution >= 4 is 17.2 Å². The van der Waals surface area contributed by atoms with Crippen LogP contribution in [0.15, 0.2) is 6.07 Å². The van der Waals surface area contributed by atoms with E-state index in [9.17, 15) is 4.79 Å². The smallest absolute Gasteiger partial charge is 0.223 e. The van der Waals surface area contributed by atoms with Gasteiger partial charge in [0, 0.05) is 45.9 Å². The first-order chi connectivity index (χ1) is 11.5. The van der Waals surface area contributed by atoms with Crippen molar-refractivity contribution < 1.29 is 4.79 Å². The molecule has 4 rings (SSSR count). The fraction of sp³-hybridized carbons (Fsp3) is 0.579. The van der Waals surface area contributed by atoms with Gasteiger partial charge in [0.05, 0.1) is 5.69 Å².